The van der Waals surface area contributed by atoms with Crippen LogP contribution in [-0.2, 0) is 9.59 Å². The summed E-state index contributed by atoms with van der Waals surface area (Å²) in [5.74, 6) is -0.358. The molecule has 1 aliphatic rings. The number of fused-ring (bicyclic) bond motifs is 1. The van der Waals surface area contributed by atoms with Gasteiger partial charge >= 0.3 is 0 Å². The van der Waals surface area contributed by atoms with Crippen molar-refractivity contribution in [3.05, 3.63) is 24.3 Å². The number of nitrogens with zero attached hydrogens (tertiary/aromatic N) is 2. The third kappa shape index (κ3) is 1.79. The van der Waals surface area contributed by atoms with E-state index in [-0.39, 0.29) is 11.8 Å². The summed E-state index contributed by atoms with van der Waals surface area (Å²) < 4.78 is -1.08. The predicted molar refractivity (Wildman–Crippen MR) is 72.8 cm³/mol. The van der Waals surface area contributed by atoms with Gasteiger partial charge in [0, 0.05) is 26.0 Å². The van der Waals surface area contributed by atoms with Crippen molar-refractivity contribution >= 4 is 29.3 Å². The average molecular weight is 264 g/mol. The van der Waals surface area contributed by atoms with Crippen molar-refractivity contribution < 1.29 is 9.59 Å². The lowest BCUT2D eigenvalue weighted by atomic mass is 10.1. The molecule has 1 aromatic carbocycles. The van der Waals surface area contributed by atoms with Gasteiger partial charge in [0.15, 0.2) is 4.75 Å². The lowest BCUT2D eigenvalue weighted by molar-refractivity contribution is -0.136. The molecule has 2 amide bonds. The summed E-state index contributed by atoms with van der Waals surface area (Å²) >= 11 is 1.33. The molecule has 0 saturated heterocycles. The van der Waals surface area contributed by atoms with E-state index in [0.717, 1.165) is 10.6 Å². The molecule has 0 aromatic heterocycles. The number of para-hydroxylation sites is 1. The molecule has 96 valence electrons. The summed E-state index contributed by atoms with van der Waals surface area (Å²) in [6, 6.07) is 7.62. The first-order valence-corrected chi connectivity index (χ1v) is 6.47. The van der Waals surface area contributed by atoms with E-state index in [1.54, 1.807) is 33.0 Å². The highest BCUT2D eigenvalue weighted by Gasteiger charge is 2.48. The molecule has 2 rings (SSSR count). The molecule has 18 heavy (non-hydrogen) atoms. The van der Waals surface area contributed by atoms with E-state index in [2.05, 4.69) is 0 Å². The van der Waals surface area contributed by atoms with Crippen molar-refractivity contribution in [2.75, 3.05) is 26.0 Å². The summed E-state index contributed by atoms with van der Waals surface area (Å²) in [5, 5.41) is 0. The number of benzene rings is 1. The number of anilines is 1. The topological polar surface area (TPSA) is 40.6 Å². The molecule has 0 aliphatic carbocycles. The highest BCUT2D eigenvalue weighted by Crippen LogP contribution is 2.45. The second kappa shape index (κ2) is 4.31. The van der Waals surface area contributed by atoms with Crippen molar-refractivity contribution in [3.8, 4) is 0 Å². The smallest absolute Gasteiger partial charge is 0.252 e. The van der Waals surface area contributed by atoms with Gasteiger partial charge in [-0.3, -0.25) is 9.59 Å². The van der Waals surface area contributed by atoms with Crippen LogP contribution >= 0.6 is 11.8 Å². The van der Waals surface area contributed by atoms with Gasteiger partial charge in [-0.1, -0.05) is 23.9 Å². The summed E-state index contributed by atoms with van der Waals surface area (Å²) in [6.07, 6.45) is 0. The lowest BCUT2D eigenvalue weighted by Gasteiger charge is -2.38. The van der Waals surface area contributed by atoms with Crippen LogP contribution in [0.15, 0.2) is 29.2 Å². The summed E-state index contributed by atoms with van der Waals surface area (Å²) in [6.45, 7) is 1.69. The van der Waals surface area contributed by atoms with E-state index < -0.39 is 4.75 Å². The maximum Gasteiger partial charge on any atom is 0.252 e. The number of thioether (sulfide) groups is 1. The monoisotopic (exact) mass is 264 g/mol. The molecule has 1 aromatic rings. The van der Waals surface area contributed by atoms with Crippen LogP contribution < -0.4 is 4.90 Å². The van der Waals surface area contributed by atoms with E-state index in [1.165, 1.54) is 16.7 Å². The van der Waals surface area contributed by atoms with Gasteiger partial charge < -0.3 is 9.80 Å². The normalized spacial score (nSPS) is 22.7. The second-order valence-corrected chi connectivity index (χ2v) is 6.13. The fourth-order valence-electron chi connectivity index (χ4n) is 2.08. The third-order valence-electron chi connectivity index (χ3n) is 3.07. The Hall–Kier alpha value is -1.49. The molecule has 0 saturated carbocycles. The van der Waals surface area contributed by atoms with Crippen LogP contribution in [0.3, 0.4) is 0 Å². The Morgan fingerprint density at radius 1 is 1.33 bits per heavy atom. The maximum atomic E-state index is 12.4. The maximum absolute atomic E-state index is 12.4. The van der Waals surface area contributed by atoms with Crippen molar-refractivity contribution in [2.45, 2.75) is 16.6 Å². The largest absolute Gasteiger partial charge is 0.347 e. The highest BCUT2D eigenvalue weighted by molar-refractivity contribution is 8.02. The zero-order chi connectivity index (χ0) is 13.5. The zero-order valence-electron chi connectivity index (χ0n) is 10.9. The Labute approximate surface area is 111 Å². The van der Waals surface area contributed by atoms with Gasteiger partial charge in [0.1, 0.15) is 0 Å². The lowest BCUT2D eigenvalue weighted by Crippen LogP contribution is -2.55. The molecule has 0 radical (unpaired) electrons. The van der Waals surface area contributed by atoms with Gasteiger partial charge in [0.2, 0.25) is 5.91 Å². The van der Waals surface area contributed by atoms with Crippen LogP contribution in [0.1, 0.15) is 6.92 Å². The Bertz CT molecular complexity index is 515. The first-order chi connectivity index (χ1) is 8.38. The van der Waals surface area contributed by atoms with Crippen molar-refractivity contribution in [1.29, 1.82) is 0 Å². The molecular formula is C13H16N2O2S. The van der Waals surface area contributed by atoms with E-state index in [1.807, 2.05) is 24.3 Å². The molecule has 5 heteroatoms. The van der Waals surface area contributed by atoms with Crippen LogP contribution in [0.4, 0.5) is 5.69 Å². The van der Waals surface area contributed by atoms with Gasteiger partial charge in [-0.2, -0.15) is 0 Å². The molecule has 0 fully saturated rings. The summed E-state index contributed by atoms with van der Waals surface area (Å²) in [5.41, 5.74) is 0.858. The number of carbonyl (C=O) groups excluding carboxylic acids is 2. The number of amides is 2. The van der Waals surface area contributed by atoms with Crippen LogP contribution in [0.2, 0.25) is 0 Å². The molecule has 0 unspecified atom stereocenters. The minimum absolute atomic E-state index is 0.176. The van der Waals surface area contributed by atoms with Crippen LogP contribution in [0.5, 0.6) is 0 Å². The Morgan fingerprint density at radius 2 is 1.94 bits per heavy atom. The molecule has 1 aliphatic heterocycles. The third-order valence-corrected chi connectivity index (χ3v) is 4.39. The second-order valence-electron chi connectivity index (χ2n) is 4.67. The highest BCUT2D eigenvalue weighted by atomic mass is 32.2. The zero-order valence-corrected chi connectivity index (χ0v) is 11.7. The molecule has 1 atom stereocenters. The standard InChI is InChI=1S/C13H16N2O2S/c1-13(11(16)14(2)3)12(17)15(4)9-7-5-6-8-10(9)18-13/h5-8H,1-4H3/t13-/m0/s1. The van der Waals surface area contributed by atoms with E-state index >= 15 is 0 Å². The Morgan fingerprint density at radius 3 is 2.56 bits per heavy atom. The molecule has 0 spiro atoms. The van der Waals surface area contributed by atoms with Crippen LogP contribution in [0, 0.1) is 0 Å². The number of hydrogen-bond acceptors (Lipinski definition) is 3. The first kappa shape index (κ1) is 13.0. The van der Waals surface area contributed by atoms with Gasteiger partial charge in [-0.05, 0) is 19.1 Å². The molecule has 4 nitrogen and oxygen atoms in total. The molecule has 0 N–H and O–H groups in total. The minimum Gasteiger partial charge on any atom is -0.347 e. The van der Waals surface area contributed by atoms with Crippen LogP contribution in [0.25, 0.3) is 0 Å². The van der Waals surface area contributed by atoms with Gasteiger partial charge in [-0.15, -0.1) is 0 Å². The Kier molecular flexibility index (Phi) is 3.11. The first-order valence-electron chi connectivity index (χ1n) is 5.66. The molecule has 1 heterocycles. The Balaban J connectivity index is 2.50. The number of rotatable bonds is 1. The fourth-order valence-corrected chi connectivity index (χ4v) is 3.47. The van der Waals surface area contributed by atoms with Gasteiger partial charge in [0.05, 0.1) is 5.69 Å². The van der Waals surface area contributed by atoms with Gasteiger partial charge in [-0.25, -0.2) is 0 Å². The van der Waals surface area contributed by atoms with E-state index in [9.17, 15) is 9.59 Å². The predicted octanol–water partition coefficient (Wildman–Crippen LogP) is 1.60. The van der Waals surface area contributed by atoms with Crippen molar-refractivity contribution in [1.82, 2.24) is 4.90 Å². The SMILES string of the molecule is CN(C)C(=O)[C@]1(C)Sc2ccccc2N(C)C1=O. The summed E-state index contributed by atoms with van der Waals surface area (Å²) in [7, 11) is 5.05. The van der Waals surface area contributed by atoms with E-state index in [4.69, 9.17) is 0 Å². The van der Waals surface area contributed by atoms with E-state index in [0.29, 0.717) is 0 Å². The number of hydrogen-bond donors (Lipinski definition) is 0. The van der Waals surface area contributed by atoms with Crippen molar-refractivity contribution in [3.63, 3.8) is 0 Å². The quantitative estimate of drug-likeness (QED) is 0.723. The molecule has 0 bridgehead atoms. The fraction of sp³-hybridized carbons (Fsp3) is 0.385. The van der Waals surface area contributed by atoms with Crippen LogP contribution in [-0.4, -0.2) is 42.6 Å². The average Bonchev–Trinajstić information content (AvgIpc) is 2.35. The summed E-state index contributed by atoms with van der Waals surface area (Å²) in [4.78, 5) is 28.6. The number of carbonyl (C=O) groups is 2. The van der Waals surface area contributed by atoms with Gasteiger partial charge in [0.25, 0.3) is 5.91 Å². The van der Waals surface area contributed by atoms with Crippen molar-refractivity contribution in [2.24, 2.45) is 0 Å². The minimum atomic E-state index is -1.08. The molecular weight excluding hydrogens is 248 g/mol.